The Morgan fingerprint density at radius 2 is 1.43 bits per heavy atom. The highest BCUT2D eigenvalue weighted by molar-refractivity contribution is 5.65. The molecule has 0 atom stereocenters. The molecule has 1 aromatic carbocycles. The van der Waals surface area contributed by atoms with Gasteiger partial charge in [0.05, 0.1) is 6.61 Å². The minimum absolute atomic E-state index is 0.717. The molecular weight excluding hydrogens is 342 g/mol. The lowest BCUT2D eigenvalue weighted by Gasteiger charge is -2.12. The lowest BCUT2D eigenvalue weighted by molar-refractivity contribution is 0.336. The van der Waals surface area contributed by atoms with E-state index in [9.17, 15) is 0 Å². The smallest absolute Gasteiger partial charge is 0.122 e. The summed E-state index contributed by atoms with van der Waals surface area (Å²) in [7, 11) is 0. The topological polar surface area (TPSA) is 22.1 Å². The Labute approximate surface area is 174 Å². The Balaban J connectivity index is 0.00000171. The maximum absolute atomic E-state index is 5.83. The van der Waals surface area contributed by atoms with Crippen molar-refractivity contribution >= 4 is 0 Å². The van der Waals surface area contributed by atoms with E-state index in [4.69, 9.17) is 4.74 Å². The largest absolute Gasteiger partial charge is 0.494 e. The molecular formula is C26H43NO. The quantitative estimate of drug-likeness (QED) is 0.383. The van der Waals surface area contributed by atoms with Crippen LogP contribution in [-0.4, -0.2) is 11.6 Å². The highest BCUT2D eigenvalue weighted by Crippen LogP contribution is 2.28. The average Bonchev–Trinajstić information content (AvgIpc) is 2.75. The first kappa shape index (κ1) is 26.2. The molecule has 1 aromatic heterocycles. The van der Waals surface area contributed by atoms with E-state index in [1.807, 2.05) is 47.7 Å². The fraction of sp³-hybridized carbons (Fsp3) is 0.577. The summed E-state index contributed by atoms with van der Waals surface area (Å²) in [6.45, 7) is 15.0. The lowest BCUT2D eigenvalue weighted by atomic mass is 9.99. The minimum atomic E-state index is 0.717. The third kappa shape index (κ3) is 9.92. The number of aromatic nitrogens is 1. The van der Waals surface area contributed by atoms with Crippen molar-refractivity contribution < 1.29 is 4.74 Å². The molecule has 2 aromatic rings. The summed E-state index contributed by atoms with van der Waals surface area (Å²) < 4.78 is 5.83. The molecule has 0 aliphatic heterocycles. The minimum Gasteiger partial charge on any atom is -0.494 e. The summed E-state index contributed by atoms with van der Waals surface area (Å²) in [5.41, 5.74) is 4.78. The zero-order valence-corrected chi connectivity index (χ0v) is 19.5. The van der Waals surface area contributed by atoms with Gasteiger partial charge in [-0.15, -0.1) is 0 Å². The second-order valence-electron chi connectivity index (χ2n) is 6.46. The number of ether oxygens (including phenoxy) is 1. The number of pyridine rings is 1. The molecule has 2 heteroatoms. The van der Waals surface area contributed by atoms with Gasteiger partial charge < -0.3 is 4.74 Å². The van der Waals surface area contributed by atoms with Crippen LogP contribution in [0, 0.1) is 6.92 Å². The van der Waals surface area contributed by atoms with Crippen molar-refractivity contribution in [3.05, 3.63) is 47.8 Å². The predicted octanol–water partition coefficient (Wildman–Crippen LogP) is 8.41. The number of benzene rings is 1. The fourth-order valence-electron chi connectivity index (χ4n) is 2.99. The number of unbranched alkanes of at least 4 members (excludes halogenated alkanes) is 5. The van der Waals surface area contributed by atoms with Gasteiger partial charge in [0.15, 0.2) is 0 Å². The van der Waals surface area contributed by atoms with E-state index in [0.29, 0.717) is 0 Å². The van der Waals surface area contributed by atoms with Crippen molar-refractivity contribution in [3.8, 4) is 16.9 Å². The zero-order valence-electron chi connectivity index (χ0n) is 19.5. The van der Waals surface area contributed by atoms with Crippen LogP contribution in [0.2, 0.25) is 0 Å². The molecule has 0 radical (unpaired) electrons. The summed E-state index contributed by atoms with van der Waals surface area (Å²) in [5, 5.41) is 0. The Bertz CT molecular complexity index is 604. The summed E-state index contributed by atoms with van der Waals surface area (Å²) in [5.74, 6) is 1.04. The van der Waals surface area contributed by atoms with Gasteiger partial charge in [0.2, 0.25) is 0 Å². The Morgan fingerprint density at radius 1 is 0.786 bits per heavy atom. The van der Waals surface area contributed by atoms with Crippen molar-refractivity contribution in [3.63, 3.8) is 0 Å². The van der Waals surface area contributed by atoms with Crippen LogP contribution in [0.15, 0.2) is 36.5 Å². The van der Waals surface area contributed by atoms with Gasteiger partial charge in [0.25, 0.3) is 0 Å². The Morgan fingerprint density at radius 3 is 2.04 bits per heavy atom. The van der Waals surface area contributed by atoms with Crippen LogP contribution in [0.4, 0.5) is 0 Å². The SMILES string of the molecule is CC.CC.CCCCCCCCc1cc(-c2ccc(C)nc2)ccc1OCC. The summed E-state index contributed by atoms with van der Waals surface area (Å²) in [6, 6.07) is 10.8. The van der Waals surface area contributed by atoms with Gasteiger partial charge in [-0.2, -0.15) is 0 Å². The van der Waals surface area contributed by atoms with Crippen molar-refractivity contribution in [1.82, 2.24) is 4.98 Å². The Kier molecular flexibility index (Phi) is 16.2. The molecule has 0 bridgehead atoms. The number of nitrogens with zero attached hydrogens (tertiary/aromatic N) is 1. The van der Waals surface area contributed by atoms with Crippen LogP contribution < -0.4 is 4.74 Å². The molecule has 158 valence electrons. The second kappa shape index (κ2) is 17.3. The Hall–Kier alpha value is -1.83. The van der Waals surface area contributed by atoms with E-state index in [1.165, 1.54) is 55.2 Å². The van der Waals surface area contributed by atoms with Crippen LogP contribution in [0.5, 0.6) is 5.75 Å². The van der Waals surface area contributed by atoms with Gasteiger partial charge in [-0.25, -0.2) is 0 Å². The van der Waals surface area contributed by atoms with E-state index >= 15 is 0 Å². The van der Waals surface area contributed by atoms with Crippen LogP contribution in [-0.2, 0) is 6.42 Å². The van der Waals surface area contributed by atoms with Crippen molar-refractivity contribution in [2.75, 3.05) is 6.61 Å². The van der Waals surface area contributed by atoms with Crippen molar-refractivity contribution in [1.29, 1.82) is 0 Å². The van der Waals surface area contributed by atoms with Gasteiger partial charge in [0.1, 0.15) is 5.75 Å². The highest BCUT2D eigenvalue weighted by Gasteiger charge is 2.07. The molecule has 2 rings (SSSR count). The van der Waals surface area contributed by atoms with Gasteiger partial charge in [-0.05, 0) is 56.0 Å². The van der Waals surface area contributed by atoms with E-state index in [-0.39, 0.29) is 0 Å². The van der Waals surface area contributed by atoms with Crippen molar-refractivity contribution in [2.24, 2.45) is 0 Å². The number of rotatable bonds is 10. The van der Waals surface area contributed by atoms with Crippen LogP contribution >= 0.6 is 0 Å². The molecule has 0 amide bonds. The molecule has 0 saturated carbocycles. The fourth-order valence-corrected chi connectivity index (χ4v) is 2.99. The van der Waals surface area contributed by atoms with E-state index in [1.54, 1.807) is 0 Å². The summed E-state index contributed by atoms with van der Waals surface area (Å²) in [6.07, 6.45) is 11.0. The van der Waals surface area contributed by atoms with Gasteiger partial charge in [-0.1, -0.05) is 78.9 Å². The van der Waals surface area contributed by atoms with Gasteiger partial charge >= 0.3 is 0 Å². The van der Waals surface area contributed by atoms with Gasteiger partial charge in [0, 0.05) is 17.5 Å². The molecule has 0 fully saturated rings. The zero-order chi connectivity index (χ0) is 21.2. The monoisotopic (exact) mass is 385 g/mol. The summed E-state index contributed by atoms with van der Waals surface area (Å²) >= 11 is 0. The van der Waals surface area contributed by atoms with Crippen LogP contribution in [0.25, 0.3) is 11.1 Å². The van der Waals surface area contributed by atoms with Gasteiger partial charge in [-0.3, -0.25) is 4.98 Å². The second-order valence-corrected chi connectivity index (χ2v) is 6.46. The van der Waals surface area contributed by atoms with E-state index in [0.717, 1.165) is 24.5 Å². The molecule has 0 aliphatic carbocycles. The predicted molar refractivity (Wildman–Crippen MR) is 125 cm³/mol. The van der Waals surface area contributed by atoms with Crippen molar-refractivity contribution in [2.45, 2.75) is 93.4 Å². The molecule has 0 N–H and O–H groups in total. The number of hydrogen-bond donors (Lipinski definition) is 0. The normalized spacial score (nSPS) is 9.68. The summed E-state index contributed by atoms with van der Waals surface area (Å²) in [4.78, 5) is 4.42. The molecule has 0 unspecified atom stereocenters. The molecule has 0 aliphatic rings. The molecule has 2 nitrogen and oxygen atoms in total. The third-order valence-electron chi connectivity index (χ3n) is 4.40. The maximum Gasteiger partial charge on any atom is 0.122 e. The number of hydrogen-bond acceptors (Lipinski definition) is 2. The standard InChI is InChI=1S/C22H31NO.2C2H6/c1-4-6-7-8-9-10-11-20-16-19(14-15-22(20)24-5-2)21-13-12-18(3)23-17-21;2*1-2/h12-17H,4-11H2,1-3H3;2*1-2H3. The highest BCUT2D eigenvalue weighted by atomic mass is 16.5. The molecule has 1 heterocycles. The molecule has 0 spiro atoms. The first-order chi connectivity index (χ1) is 13.7. The van der Waals surface area contributed by atoms with E-state index in [2.05, 4.69) is 42.2 Å². The lowest BCUT2D eigenvalue weighted by Crippen LogP contribution is -1.98. The third-order valence-corrected chi connectivity index (χ3v) is 4.40. The van der Waals surface area contributed by atoms with Crippen LogP contribution in [0.3, 0.4) is 0 Å². The maximum atomic E-state index is 5.83. The molecule has 0 saturated heterocycles. The molecule has 28 heavy (non-hydrogen) atoms. The number of aryl methyl sites for hydroxylation is 2. The first-order valence-corrected chi connectivity index (χ1v) is 11.4. The van der Waals surface area contributed by atoms with E-state index < -0.39 is 0 Å². The average molecular weight is 386 g/mol. The first-order valence-electron chi connectivity index (χ1n) is 11.4. The van der Waals surface area contributed by atoms with Crippen LogP contribution in [0.1, 0.15) is 91.3 Å².